The second kappa shape index (κ2) is 7.47. The summed E-state index contributed by atoms with van der Waals surface area (Å²) >= 11 is 0. The van der Waals surface area contributed by atoms with Crippen LogP contribution in [-0.2, 0) is 11.0 Å². The monoisotopic (exact) mass is 325 g/mol. The van der Waals surface area contributed by atoms with Gasteiger partial charge in [-0.25, -0.2) is 0 Å². The summed E-state index contributed by atoms with van der Waals surface area (Å²) in [6.07, 6.45) is -2.19. The molecule has 1 aromatic carbocycles. The average Bonchev–Trinajstić information content (AvgIpc) is 2.98. The van der Waals surface area contributed by atoms with E-state index >= 15 is 0 Å². The van der Waals surface area contributed by atoms with E-state index in [1.807, 2.05) is 0 Å². The molecule has 23 heavy (non-hydrogen) atoms. The van der Waals surface area contributed by atoms with Crippen LogP contribution < -0.4 is 10.6 Å². The number of hydrogen-bond acceptors (Lipinski definition) is 3. The number of nitrogens with zero attached hydrogens (tertiary/aromatic N) is 1. The van der Waals surface area contributed by atoms with E-state index in [0.717, 1.165) is 18.9 Å². The molecule has 1 saturated carbocycles. The number of nitriles is 1. The molecule has 0 aliphatic heterocycles. The van der Waals surface area contributed by atoms with Gasteiger partial charge >= 0.3 is 6.18 Å². The fourth-order valence-corrected chi connectivity index (χ4v) is 3.08. The smallest absolute Gasteiger partial charge is 0.342 e. The van der Waals surface area contributed by atoms with Crippen molar-refractivity contribution in [3.8, 4) is 6.07 Å². The molecule has 124 valence electrons. The first-order valence-electron chi connectivity index (χ1n) is 7.46. The van der Waals surface area contributed by atoms with E-state index in [4.69, 9.17) is 5.26 Å². The third kappa shape index (κ3) is 4.45. The third-order valence-corrected chi connectivity index (χ3v) is 4.07. The van der Waals surface area contributed by atoms with Gasteiger partial charge in [-0.1, -0.05) is 24.6 Å². The van der Waals surface area contributed by atoms with Crippen molar-refractivity contribution in [2.75, 3.05) is 13.1 Å². The molecular formula is C16H18F3N3O. The molecule has 0 heterocycles. The van der Waals surface area contributed by atoms with Crippen LogP contribution >= 0.6 is 0 Å². The minimum atomic E-state index is -4.38. The molecule has 1 aliphatic rings. The van der Waals surface area contributed by atoms with E-state index in [0.29, 0.717) is 6.42 Å². The molecule has 4 nitrogen and oxygen atoms in total. The fourth-order valence-electron chi connectivity index (χ4n) is 3.08. The summed E-state index contributed by atoms with van der Waals surface area (Å²) in [5, 5.41) is 13.8. The summed E-state index contributed by atoms with van der Waals surface area (Å²) in [6, 6.07) is 7.24. The number of nitrogens with one attached hydrogen (secondary N) is 2. The molecule has 1 aliphatic carbocycles. The lowest BCUT2D eigenvalue weighted by molar-refractivity contribution is -0.138. The van der Waals surface area contributed by atoms with Gasteiger partial charge in [0.15, 0.2) is 0 Å². The topological polar surface area (TPSA) is 64.9 Å². The largest absolute Gasteiger partial charge is 0.416 e. The first-order chi connectivity index (χ1) is 10.9. The third-order valence-electron chi connectivity index (χ3n) is 4.07. The Balaban J connectivity index is 2.08. The van der Waals surface area contributed by atoms with Crippen LogP contribution in [0.2, 0.25) is 0 Å². The zero-order chi connectivity index (χ0) is 16.9. The van der Waals surface area contributed by atoms with E-state index in [1.165, 1.54) is 12.1 Å². The van der Waals surface area contributed by atoms with Gasteiger partial charge < -0.3 is 10.6 Å². The van der Waals surface area contributed by atoms with Gasteiger partial charge in [-0.2, -0.15) is 18.4 Å². The number of carbonyl (C=O) groups is 1. The van der Waals surface area contributed by atoms with Gasteiger partial charge in [0, 0.05) is 6.04 Å². The van der Waals surface area contributed by atoms with E-state index in [-0.39, 0.29) is 36.5 Å². The highest BCUT2D eigenvalue weighted by atomic mass is 19.4. The lowest BCUT2D eigenvalue weighted by atomic mass is 9.90. The van der Waals surface area contributed by atoms with Crippen LogP contribution in [0, 0.1) is 11.3 Å². The Kier molecular flexibility index (Phi) is 5.61. The van der Waals surface area contributed by atoms with E-state index in [9.17, 15) is 18.0 Å². The summed E-state index contributed by atoms with van der Waals surface area (Å²) in [5.74, 6) is -0.599. The summed E-state index contributed by atoms with van der Waals surface area (Å²) in [5.41, 5.74) is -0.319. The summed E-state index contributed by atoms with van der Waals surface area (Å²) in [4.78, 5) is 11.5. The molecule has 1 fully saturated rings. The number of benzene rings is 1. The van der Waals surface area contributed by atoms with E-state index in [1.54, 1.807) is 12.1 Å². The van der Waals surface area contributed by atoms with Crippen LogP contribution in [-0.4, -0.2) is 25.0 Å². The Hall–Kier alpha value is -2.07. The van der Waals surface area contributed by atoms with E-state index < -0.39 is 11.7 Å². The number of rotatable bonds is 5. The number of halogens is 3. The van der Waals surface area contributed by atoms with Gasteiger partial charge in [-0.15, -0.1) is 0 Å². The predicted octanol–water partition coefficient (Wildman–Crippen LogP) is 2.57. The van der Waals surface area contributed by atoms with Crippen LogP contribution in [0.3, 0.4) is 0 Å². The molecule has 2 atom stereocenters. The van der Waals surface area contributed by atoms with Gasteiger partial charge in [0.05, 0.1) is 18.2 Å². The maximum atomic E-state index is 13.2. The Morgan fingerprint density at radius 3 is 2.74 bits per heavy atom. The number of amides is 1. The van der Waals surface area contributed by atoms with Gasteiger partial charge in [-0.3, -0.25) is 4.79 Å². The zero-order valence-corrected chi connectivity index (χ0v) is 12.5. The van der Waals surface area contributed by atoms with Crippen molar-refractivity contribution < 1.29 is 18.0 Å². The minimum absolute atomic E-state index is 0.00295. The quantitative estimate of drug-likeness (QED) is 0.818. The lowest BCUT2D eigenvalue weighted by Gasteiger charge is -2.24. The second-order valence-corrected chi connectivity index (χ2v) is 5.54. The summed E-state index contributed by atoms with van der Waals surface area (Å²) in [6.45, 7) is -0.0808. The summed E-state index contributed by atoms with van der Waals surface area (Å²) in [7, 11) is 0. The maximum absolute atomic E-state index is 13.2. The van der Waals surface area contributed by atoms with Crippen molar-refractivity contribution >= 4 is 5.91 Å². The van der Waals surface area contributed by atoms with Crippen LogP contribution in [0.25, 0.3) is 0 Å². The van der Waals surface area contributed by atoms with Crippen molar-refractivity contribution in [2.45, 2.75) is 37.4 Å². The molecular weight excluding hydrogens is 307 g/mol. The van der Waals surface area contributed by atoms with Crippen molar-refractivity contribution in [3.05, 3.63) is 35.4 Å². The molecule has 1 aromatic rings. The SMILES string of the molecule is N#CCNC(=O)CN[C@@H]1CCC[C@@H]1c1ccccc1C(F)(F)F. The molecule has 0 spiro atoms. The molecule has 0 aromatic heterocycles. The van der Waals surface area contributed by atoms with Gasteiger partial charge in [0.2, 0.25) is 5.91 Å². The highest BCUT2D eigenvalue weighted by Gasteiger charge is 2.38. The molecule has 0 radical (unpaired) electrons. The molecule has 7 heteroatoms. The van der Waals surface area contributed by atoms with Crippen LogP contribution in [0.15, 0.2) is 24.3 Å². The predicted molar refractivity (Wildman–Crippen MR) is 78.4 cm³/mol. The Morgan fingerprint density at radius 1 is 1.30 bits per heavy atom. The first kappa shape index (κ1) is 17.3. The standard InChI is InChI=1S/C16H18F3N3O/c17-16(18,19)13-6-2-1-4-11(13)12-5-3-7-14(12)22-10-15(23)21-9-8-20/h1-2,4,6,12,14,22H,3,5,7,9-10H2,(H,21,23)/t12-,14-/m1/s1. The highest BCUT2D eigenvalue weighted by Crippen LogP contribution is 2.41. The Bertz CT molecular complexity index is 595. The molecule has 1 amide bonds. The van der Waals surface area contributed by atoms with Gasteiger partial charge in [-0.05, 0) is 30.4 Å². The van der Waals surface area contributed by atoms with Crippen molar-refractivity contribution in [2.24, 2.45) is 0 Å². The maximum Gasteiger partial charge on any atom is 0.416 e. The van der Waals surface area contributed by atoms with Gasteiger partial charge in [0.25, 0.3) is 0 Å². The van der Waals surface area contributed by atoms with E-state index in [2.05, 4.69) is 10.6 Å². The van der Waals surface area contributed by atoms with Crippen molar-refractivity contribution in [3.63, 3.8) is 0 Å². The highest BCUT2D eigenvalue weighted by molar-refractivity contribution is 5.78. The van der Waals surface area contributed by atoms with Crippen LogP contribution in [0.4, 0.5) is 13.2 Å². The van der Waals surface area contributed by atoms with Crippen molar-refractivity contribution in [1.29, 1.82) is 5.26 Å². The lowest BCUT2D eigenvalue weighted by Crippen LogP contribution is -2.40. The zero-order valence-electron chi connectivity index (χ0n) is 12.5. The second-order valence-electron chi connectivity index (χ2n) is 5.54. The number of alkyl halides is 3. The molecule has 0 bridgehead atoms. The number of carbonyl (C=O) groups excluding carboxylic acids is 1. The first-order valence-corrected chi connectivity index (χ1v) is 7.46. The molecule has 0 saturated heterocycles. The fraction of sp³-hybridized carbons (Fsp3) is 0.500. The van der Waals surface area contributed by atoms with Crippen LogP contribution in [0.1, 0.15) is 36.3 Å². The normalized spacial score (nSPS) is 21.0. The number of hydrogen-bond donors (Lipinski definition) is 2. The molecule has 2 N–H and O–H groups in total. The molecule has 0 unspecified atom stereocenters. The molecule has 2 rings (SSSR count). The Labute approximate surface area is 132 Å². The van der Waals surface area contributed by atoms with Crippen molar-refractivity contribution in [1.82, 2.24) is 10.6 Å². The van der Waals surface area contributed by atoms with Gasteiger partial charge in [0.1, 0.15) is 6.54 Å². The minimum Gasteiger partial charge on any atom is -0.342 e. The Morgan fingerprint density at radius 2 is 2.04 bits per heavy atom. The summed E-state index contributed by atoms with van der Waals surface area (Å²) < 4.78 is 39.5. The average molecular weight is 325 g/mol. The van der Waals surface area contributed by atoms with Crippen LogP contribution in [0.5, 0.6) is 0 Å².